The predicted molar refractivity (Wildman–Crippen MR) is 128 cm³/mol. The summed E-state index contributed by atoms with van der Waals surface area (Å²) in [6.45, 7) is 2.42. The van der Waals surface area contributed by atoms with Crippen LogP contribution in [0.3, 0.4) is 0 Å². The van der Waals surface area contributed by atoms with E-state index in [2.05, 4.69) is 10.8 Å². The van der Waals surface area contributed by atoms with Crippen LogP contribution >= 0.6 is 12.1 Å². The SMILES string of the molecule is Cc1ccc2n(c1=O)C(COC1CCC(c3ccc(F)cc3)CC1)C(NSN(C)C)CC2. The summed E-state index contributed by atoms with van der Waals surface area (Å²) in [7, 11) is 4.02. The summed E-state index contributed by atoms with van der Waals surface area (Å²) in [5.41, 5.74) is 3.19. The molecule has 0 radical (unpaired) electrons. The number of nitrogens with one attached hydrogen (secondary N) is 1. The zero-order chi connectivity index (χ0) is 22.7. The second kappa shape index (κ2) is 10.5. The number of rotatable bonds is 7. The maximum absolute atomic E-state index is 13.2. The van der Waals surface area contributed by atoms with Crippen molar-refractivity contribution in [3.63, 3.8) is 0 Å². The molecular formula is C25H34FN3O2S. The fourth-order valence-electron chi connectivity index (χ4n) is 4.97. The molecule has 1 aliphatic carbocycles. The lowest BCUT2D eigenvalue weighted by Gasteiger charge is -2.37. The second-order valence-corrected chi connectivity index (χ2v) is 10.4. The maximum Gasteiger partial charge on any atom is 0.254 e. The summed E-state index contributed by atoms with van der Waals surface area (Å²) in [6.07, 6.45) is 6.17. The molecule has 7 heteroatoms. The van der Waals surface area contributed by atoms with Gasteiger partial charge in [-0.25, -0.2) is 13.4 Å². The summed E-state index contributed by atoms with van der Waals surface area (Å²) in [6, 6.07) is 11.1. The summed E-state index contributed by atoms with van der Waals surface area (Å²) < 4.78 is 27.2. The van der Waals surface area contributed by atoms with Gasteiger partial charge in [0.2, 0.25) is 0 Å². The molecule has 2 aliphatic rings. The standard InChI is InChI=1S/C25H34FN3O2S/c1-17-4-11-21-12-15-23(27-32-28(2)3)24(29(21)25(17)30)16-31-22-13-7-19(8-14-22)18-5-9-20(26)10-6-18/h4-6,9-11,19,22-24,27H,7-8,12-16H2,1-3H3. The number of aryl methyl sites for hydroxylation is 2. The number of pyridine rings is 1. The third-order valence-corrected chi connectivity index (χ3v) is 7.58. The molecule has 2 heterocycles. The zero-order valence-corrected chi connectivity index (χ0v) is 20.0. The topological polar surface area (TPSA) is 46.5 Å². The first kappa shape index (κ1) is 23.5. The van der Waals surface area contributed by atoms with E-state index in [9.17, 15) is 9.18 Å². The molecule has 1 aromatic carbocycles. The molecule has 1 saturated carbocycles. The Morgan fingerprint density at radius 1 is 1.09 bits per heavy atom. The van der Waals surface area contributed by atoms with Gasteiger partial charge in [0.1, 0.15) is 5.82 Å². The number of benzene rings is 1. The molecule has 0 saturated heterocycles. The molecular weight excluding hydrogens is 425 g/mol. The molecule has 2 aromatic rings. The first-order valence-electron chi connectivity index (χ1n) is 11.6. The van der Waals surface area contributed by atoms with Crippen LogP contribution in [-0.4, -0.2) is 41.7 Å². The minimum atomic E-state index is -0.181. The van der Waals surface area contributed by atoms with Crippen LogP contribution < -0.4 is 10.3 Å². The third-order valence-electron chi connectivity index (χ3n) is 6.80. The van der Waals surface area contributed by atoms with E-state index in [1.807, 2.05) is 48.1 Å². The van der Waals surface area contributed by atoms with Gasteiger partial charge in [0.15, 0.2) is 0 Å². The van der Waals surface area contributed by atoms with E-state index in [0.717, 1.165) is 49.8 Å². The molecule has 2 unspecified atom stereocenters. The molecule has 5 nitrogen and oxygen atoms in total. The van der Waals surface area contributed by atoms with E-state index in [4.69, 9.17) is 4.74 Å². The van der Waals surface area contributed by atoms with E-state index in [-0.39, 0.29) is 29.6 Å². The van der Waals surface area contributed by atoms with Crippen LogP contribution in [0.1, 0.15) is 60.9 Å². The smallest absolute Gasteiger partial charge is 0.254 e. The number of aromatic nitrogens is 1. The van der Waals surface area contributed by atoms with Crippen molar-refractivity contribution < 1.29 is 9.13 Å². The van der Waals surface area contributed by atoms with Crippen molar-refractivity contribution in [2.45, 2.75) is 69.6 Å². The molecule has 1 N–H and O–H groups in total. The normalized spacial score (nSPS) is 25.7. The molecule has 0 amide bonds. The summed E-state index contributed by atoms with van der Waals surface area (Å²) in [5.74, 6) is 0.293. The Kier molecular flexibility index (Phi) is 7.71. The van der Waals surface area contributed by atoms with E-state index in [1.165, 1.54) is 5.56 Å². The van der Waals surface area contributed by atoms with Gasteiger partial charge in [-0.2, -0.15) is 0 Å². The highest BCUT2D eigenvalue weighted by Crippen LogP contribution is 2.35. The molecule has 0 spiro atoms. The van der Waals surface area contributed by atoms with Crippen LogP contribution in [0.15, 0.2) is 41.2 Å². The van der Waals surface area contributed by atoms with E-state index in [1.54, 1.807) is 24.3 Å². The molecule has 32 heavy (non-hydrogen) atoms. The fraction of sp³-hybridized carbons (Fsp3) is 0.560. The van der Waals surface area contributed by atoms with Gasteiger partial charge in [-0.15, -0.1) is 0 Å². The lowest BCUT2D eigenvalue weighted by molar-refractivity contribution is -0.00157. The molecule has 2 atom stereocenters. The van der Waals surface area contributed by atoms with Crippen LogP contribution in [0.2, 0.25) is 0 Å². The van der Waals surface area contributed by atoms with Crippen molar-refractivity contribution in [3.05, 3.63) is 69.4 Å². The summed E-state index contributed by atoms with van der Waals surface area (Å²) in [5, 5.41) is 0. The Hall–Kier alpha value is -1.67. The lowest BCUT2D eigenvalue weighted by Crippen LogP contribution is -2.47. The zero-order valence-electron chi connectivity index (χ0n) is 19.2. The van der Waals surface area contributed by atoms with E-state index < -0.39 is 0 Å². The van der Waals surface area contributed by atoms with Crippen LogP contribution in [0.4, 0.5) is 4.39 Å². The number of hydrogen-bond donors (Lipinski definition) is 1. The van der Waals surface area contributed by atoms with Gasteiger partial charge >= 0.3 is 0 Å². The van der Waals surface area contributed by atoms with Gasteiger partial charge < -0.3 is 9.30 Å². The largest absolute Gasteiger partial charge is 0.376 e. The average Bonchev–Trinajstić information content (AvgIpc) is 2.79. The average molecular weight is 460 g/mol. The third kappa shape index (κ3) is 5.45. The molecule has 1 aliphatic heterocycles. The van der Waals surface area contributed by atoms with Crippen molar-refractivity contribution in [2.75, 3.05) is 20.7 Å². The van der Waals surface area contributed by atoms with Crippen molar-refractivity contribution >= 4 is 12.1 Å². The Balaban J connectivity index is 1.42. The van der Waals surface area contributed by atoms with Crippen molar-refractivity contribution in [2.24, 2.45) is 0 Å². The van der Waals surface area contributed by atoms with Gasteiger partial charge in [-0.05, 0) is 89.2 Å². The Labute approximate surface area is 194 Å². The molecule has 174 valence electrons. The number of ether oxygens (including phenoxy) is 1. The Morgan fingerprint density at radius 2 is 1.81 bits per heavy atom. The fourth-order valence-corrected chi connectivity index (χ4v) is 5.59. The van der Waals surface area contributed by atoms with Gasteiger partial charge in [-0.3, -0.25) is 4.79 Å². The van der Waals surface area contributed by atoms with E-state index in [0.29, 0.717) is 12.5 Å². The van der Waals surface area contributed by atoms with E-state index >= 15 is 0 Å². The maximum atomic E-state index is 13.2. The first-order valence-corrected chi connectivity index (χ1v) is 12.4. The van der Waals surface area contributed by atoms with Crippen LogP contribution in [0.5, 0.6) is 0 Å². The van der Waals surface area contributed by atoms with Crippen LogP contribution in [0.25, 0.3) is 0 Å². The monoisotopic (exact) mass is 459 g/mol. The number of nitrogens with zero attached hydrogens (tertiary/aromatic N) is 2. The Bertz CT molecular complexity index is 955. The Morgan fingerprint density at radius 3 is 2.50 bits per heavy atom. The lowest BCUT2D eigenvalue weighted by atomic mass is 9.82. The van der Waals surface area contributed by atoms with Gasteiger partial charge in [0.25, 0.3) is 5.56 Å². The van der Waals surface area contributed by atoms with Gasteiger partial charge in [-0.1, -0.05) is 18.2 Å². The predicted octanol–water partition coefficient (Wildman–Crippen LogP) is 4.61. The minimum Gasteiger partial charge on any atom is -0.376 e. The van der Waals surface area contributed by atoms with Gasteiger partial charge in [0.05, 0.1) is 18.8 Å². The summed E-state index contributed by atoms with van der Waals surface area (Å²) in [4.78, 5) is 13.0. The van der Waals surface area contributed by atoms with Crippen LogP contribution in [0, 0.1) is 12.7 Å². The van der Waals surface area contributed by atoms with Crippen LogP contribution in [-0.2, 0) is 11.2 Å². The van der Waals surface area contributed by atoms with Crippen molar-refractivity contribution in [1.82, 2.24) is 13.6 Å². The van der Waals surface area contributed by atoms with Gasteiger partial charge in [0, 0.05) is 29.4 Å². The molecule has 1 aromatic heterocycles. The number of fused-ring (bicyclic) bond motifs is 1. The van der Waals surface area contributed by atoms with Crippen molar-refractivity contribution in [3.8, 4) is 0 Å². The van der Waals surface area contributed by atoms with Crippen molar-refractivity contribution in [1.29, 1.82) is 0 Å². The highest BCUT2D eigenvalue weighted by molar-refractivity contribution is 7.95. The minimum absolute atomic E-state index is 0.0200. The highest BCUT2D eigenvalue weighted by Gasteiger charge is 2.32. The second-order valence-electron chi connectivity index (χ2n) is 9.28. The quantitative estimate of drug-likeness (QED) is 0.613. The number of halogens is 1. The highest BCUT2D eigenvalue weighted by atomic mass is 32.2. The molecule has 0 bridgehead atoms. The first-order chi connectivity index (χ1) is 15.4. The number of hydrogen-bond acceptors (Lipinski definition) is 5. The molecule has 1 fully saturated rings. The molecule has 4 rings (SSSR count). The summed E-state index contributed by atoms with van der Waals surface area (Å²) >= 11 is 1.57.